The van der Waals surface area contributed by atoms with Crippen molar-refractivity contribution in [3.8, 4) is 0 Å². The highest BCUT2D eigenvalue weighted by Crippen LogP contribution is 2.09. The van der Waals surface area contributed by atoms with Gasteiger partial charge in [0.05, 0.1) is 12.9 Å². The van der Waals surface area contributed by atoms with Crippen LogP contribution in [0.1, 0.15) is 37.7 Å². The van der Waals surface area contributed by atoms with E-state index in [1.54, 1.807) is 6.26 Å². The number of hydrogen-bond acceptors (Lipinski definition) is 3. The topological polar surface area (TPSA) is 34.4 Å². The monoisotopic (exact) mass is 287 g/mol. The first kappa shape index (κ1) is 15.8. The van der Waals surface area contributed by atoms with Crippen molar-refractivity contribution in [1.82, 2.24) is 5.32 Å². The van der Waals surface area contributed by atoms with E-state index in [2.05, 4.69) is 50.4 Å². The summed E-state index contributed by atoms with van der Waals surface area (Å²) in [5, 5.41) is 3.50. The third kappa shape index (κ3) is 6.15. The summed E-state index contributed by atoms with van der Waals surface area (Å²) < 4.78 is 10.9. The average Bonchev–Trinajstić information content (AvgIpc) is 2.92. The molecule has 0 aliphatic carbocycles. The quantitative estimate of drug-likeness (QED) is 0.838. The first-order chi connectivity index (χ1) is 10.0. The first-order valence-electron chi connectivity index (χ1n) is 7.46. The van der Waals surface area contributed by atoms with E-state index in [-0.39, 0.29) is 5.54 Å². The number of nitrogens with one attached hydrogen (secondary N) is 1. The molecule has 114 valence electrons. The molecule has 0 unspecified atom stereocenters. The van der Waals surface area contributed by atoms with Crippen molar-refractivity contribution in [3.05, 3.63) is 59.5 Å². The van der Waals surface area contributed by atoms with E-state index in [0.29, 0.717) is 13.2 Å². The lowest BCUT2D eigenvalue weighted by molar-refractivity contribution is 0.0929. The van der Waals surface area contributed by atoms with Gasteiger partial charge in [0.2, 0.25) is 0 Å². The summed E-state index contributed by atoms with van der Waals surface area (Å²) in [5.41, 5.74) is 2.72. The van der Waals surface area contributed by atoms with Gasteiger partial charge in [0, 0.05) is 5.54 Å². The molecule has 0 saturated carbocycles. The third-order valence-corrected chi connectivity index (χ3v) is 3.19. The van der Waals surface area contributed by atoms with E-state index in [4.69, 9.17) is 9.15 Å². The van der Waals surface area contributed by atoms with Gasteiger partial charge < -0.3 is 14.5 Å². The fraction of sp³-hybridized carbons (Fsp3) is 0.444. The van der Waals surface area contributed by atoms with Crippen LogP contribution in [0.15, 0.2) is 47.1 Å². The van der Waals surface area contributed by atoms with Crippen LogP contribution in [0, 0.1) is 0 Å². The highest BCUT2D eigenvalue weighted by atomic mass is 16.5. The minimum atomic E-state index is 0.180. The molecule has 0 fully saturated rings. The smallest absolute Gasteiger partial charge is 0.129 e. The van der Waals surface area contributed by atoms with Crippen LogP contribution in [0.3, 0.4) is 0 Å². The first-order valence-corrected chi connectivity index (χ1v) is 7.46. The maximum absolute atomic E-state index is 5.62. The molecule has 0 radical (unpaired) electrons. The fourth-order valence-corrected chi connectivity index (χ4v) is 2.05. The van der Waals surface area contributed by atoms with Crippen molar-refractivity contribution in [2.75, 3.05) is 6.54 Å². The van der Waals surface area contributed by atoms with Crippen LogP contribution in [0.2, 0.25) is 0 Å². The molecule has 3 heteroatoms. The molecule has 0 saturated heterocycles. The molecule has 1 aromatic heterocycles. The lowest BCUT2D eigenvalue weighted by Gasteiger charge is -2.20. The second-order valence-electron chi connectivity index (χ2n) is 6.32. The largest absolute Gasteiger partial charge is 0.467 e. The van der Waals surface area contributed by atoms with Gasteiger partial charge in [-0.15, -0.1) is 0 Å². The summed E-state index contributed by atoms with van der Waals surface area (Å²) in [6.07, 6.45) is 2.71. The number of rotatable bonds is 7. The Balaban J connectivity index is 1.71. The highest BCUT2D eigenvalue weighted by molar-refractivity contribution is 5.22. The van der Waals surface area contributed by atoms with E-state index < -0.39 is 0 Å². The van der Waals surface area contributed by atoms with E-state index >= 15 is 0 Å². The molecule has 2 rings (SSSR count). The molecule has 0 aliphatic heterocycles. The Morgan fingerprint density at radius 3 is 2.33 bits per heavy atom. The average molecular weight is 287 g/mol. The van der Waals surface area contributed by atoms with Gasteiger partial charge in [-0.25, -0.2) is 0 Å². The van der Waals surface area contributed by atoms with E-state index in [1.165, 1.54) is 11.1 Å². The zero-order valence-corrected chi connectivity index (χ0v) is 13.2. The van der Waals surface area contributed by atoms with E-state index in [9.17, 15) is 0 Å². The van der Waals surface area contributed by atoms with Gasteiger partial charge >= 0.3 is 0 Å². The van der Waals surface area contributed by atoms with Crippen molar-refractivity contribution >= 4 is 0 Å². The van der Waals surface area contributed by atoms with Gasteiger partial charge in [0.1, 0.15) is 12.4 Å². The number of furan rings is 1. The lowest BCUT2D eigenvalue weighted by atomic mass is 10.1. The van der Waals surface area contributed by atoms with Crippen LogP contribution in [0.25, 0.3) is 0 Å². The molecule has 1 N–H and O–H groups in total. The SMILES string of the molecule is CC(C)(C)NCCc1ccc(COCc2ccco2)cc1. The Labute approximate surface area is 127 Å². The van der Waals surface area contributed by atoms with Crippen LogP contribution in [0.5, 0.6) is 0 Å². The third-order valence-electron chi connectivity index (χ3n) is 3.19. The summed E-state index contributed by atoms with van der Waals surface area (Å²) in [5.74, 6) is 0.861. The maximum atomic E-state index is 5.62. The van der Waals surface area contributed by atoms with Gasteiger partial charge in [-0.1, -0.05) is 24.3 Å². The minimum Gasteiger partial charge on any atom is -0.467 e. The molecular weight excluding hydrogens is 262 g/mol. The number of ether oxygens (including phenoxy) is 1. The van der Waals surface area contributed by atoms with Crippen LogP contribution < -0.4 is 5.32 Å². The standard InChI is InChI=1S/C18H25NO2/c1-18(2,3)19-11-10-15-6-8-16(9-7-15)13-20-14-17-5-4-12-21-17/h4-9,12,19H,10-11,13-14H2,1-3H3. The Morgan fingerprint density at radius 1 is 1.00 bits per heavy atom. The minimum absolute atomic E-state index is 0.180. The summed E-state index contributed by atoms with van der Waals surface area (Å²) >= 11 is 0. The molecule has 21 heavy (non-hydrogen) atoms. The molecule has 2 aromatic rings. The normalized spacial score (nSPS) is 11.8. The van der Waals surface area contributed by atoms with Gasteiger partial charge in [-0.05, 0) is 57.0 Å². The Bertz CT molecular complexity index is 509. The van der Waals surface area contributed by atoms with Gasteiger partial charge in [0.25, 0.3) is 0 Å². The van der Waals surface area contributed by atoms with Crippen molar-refractivity contribution < 1.29 is 9.15 Å². The molecule has 0 atom stereocenters. The van der Waals surface area contributed by atoms with E-state index in [1.807, 2.05) is 12.1 Å². The maximum Gasteiger partial charge on any atom is 0.129 e. The molecule has 0 amide bonds. The number of hydrogen-bond donors (Lipinski definition) is 1. The predicted molar refractivity (Wildman–Crippen MR) is 85.1 cm³/mol. The van der Waals surface area contributed by atoms with Crippen molar-refractivity contribution in [1.29, 1.82) is 0 Å². The summed E-state index contributed by atoms with van der Waals surface area (Å²) in [6, 6.07) is 12.4. The molecule has 0 aliphatic rings. The van der Waals surface area contributed by atoms with Crippen LogP contribution in [-0.2, 0) is 24.4 Å². The lowest BCUT2D eigenvalue weighted by Crippen LogP contribution is -2.37. The van der Waals surface area contributed by atoms with Crippen molar-refractivity contribution in [2.45, 2.75) is 45.9 Å². The number of benzene rings is 1. The Morgan fingerprint density at radius 2 is 1.71 bits per heavy atom. The summed E-state index contributed by atoms with van der Waals surface area (Å²) in [7, 11) is 0. The Hall–Kier alpha value is -1.58. The zero-order valence-electron chi connectivity index (χ0n) is 13.2. The highest BCUT2D eigenvalue weighted by Gasteiger charge is 2.07. The molecular formula is C18H25NO2. The molecule has 3 nitrogen and oxygen atoms in total. The molecule has 0 bridgehead atoms. The predicted octanol–water partition coefficient (Wildman–Crippen LogP) is 3.93. The molecule has 1 heterocycles. The van der Waals surface area contributed by atoms with Crippen molar-refractivity contribution in [3.63, 3.8) is 0 Å². The van der Waals surface area contributed by atoms with Gasteiger partial charge in [0.15, 0.2) is 0 Å². The molecule has 0 spiro atoms. The summed E-state index contributed by atoms with van der Waals surface area (Å²) in [4.78, 5) is 0. The summed E-state index contributed by atoms with van der Waals surface area (Å²) in [6.45, 7) is 8.69. The Kier molecular flexibility index (Phi) is 5.59. The van der Waals surface area contributed by atoms with Crippen LogP contribution in [-0.4, -0.2) is 12.1 Å². The van der Waals surface area contributed by atoms with E-state index in [0.717, 1.165) is 18.7 Å². The van der Waals surface area contributed by atoms with Gasteiger partial charge in [-0.2, -0.15) is 0 Å². The molecule has 1 aromatic carbocycles. The van der Waals surface area contributed by atoms with Crippen LogP contribution in [0.4, 0.5) is 0 Å². The van der Waals surface area contributed by atoms with Crippen molar-refractivity contribution in [2.24, 2.45) is 0 Å². The zero-order chi connectivity index (χ0) is 15.1. The fourth-order valence-electron chi connectivity index (χ4n) is 2.05. The second kappa shape index (κ2) is 7.43. The second-order valence-corrected chi connectivity index (χ2v) is 6.32. The van der Waals surface area contributed by atoms with Crippen LogP contribution >= 0.6 is 0 Å². The van der Waals surface area contributed by atoms with Gasteiger partial charge in [-0.3, -0.25) is 0 Å².